The second kappa shape index (κ2) is 14.3. The SMILES string of the molecule is COC(=O)C1=C(CN2CCN3C(=O)N(Cc4ccc(Oc5ccc(C#N)cc5)cc4)C[C@@H]3C2)NC(c2nccs2)=NC1c1ccc(F)cc1Cl. The van der Waals surface area contributed by atoms with Crippen LogP contribution in [0.4, 0.5) is 9.18 Å². The molecule has 1 unspecified atom stereocenters. The molecule has 0 radical (unpaired) electrons. The van der Waals surface area contributed by atoms with Crippen molar-refractivity contribution in [1.82, 2.24) is 25.0 Å². The predicted molar refractivity (Wildman–Crippen MR) is 185 cm³/mol. The van der Waals surface area contributed by atoms with Gasteiger partial charge in [0.2, 0.25) is 0 Å². The van der Waals surface area contributed by atoms with Crippen LogP contribution in [-0.4, -0.2) is 83.4 Å². The highest BCUT2D eigenvalue weighted by Gasteiger charge is 2.41. The summed E-state index contributed by atoms with van der Waals surface area (Å²) in [4.78, 5) is 42.0. The van der Waals surface area contributed by atoms with E-state index in [4.69, 9.17) is 31.3 Å². The number of carbonyl (C=O) groups is 2. The molecule has 50 heavy (non-hydrogen) atoms. The predicted octanol–water partition coefficient (Wildman–Crippen LogP) is 5.74. The van der Waals surface area contributed by atoms with Crippen molar-refractivity contribution in [3.8, 4) is 17.6 Å². The zero-order chi connectivity index (χ0) is 34.8. The van der Waals surface area contributed by atoms with Gasteiger partial charge in [-0.25, -0.2) is 19.0 Å². The number of aromatic nitrogens is 1. The van der Waals surface area contributed by atoms with Gasteiger partial charge in [-0.05, 0) is 54.1 Å². The van der Waals surface area contributed by atoms with Gasteiger partial charge in [0.25, 0.3) is 0 Å². The second-order valence-electron chi connectivity index (χ2n) is 12.0. The zero-order valence-electron chi connectivity index (χ0n) is 26.9. The van der Waals surface area contributed by atoms with Crippen LogP contribution < -0.4 is 10.1 Å². The molecule has 3 aliphatic rings. The number of aliphatic imine (C=N–C) groups is 1. The lowest BCUT2D eigenvalue weighted by Gasteiger charge is -2.38. The Morgan fingerprint density at radius 3 is 2.52 bits per heavy atom. The minimum absolute atomic E-state index is 0.0120. The fourth-order valence-corrected chi connectivity index (χ4v) is 7.28. The number of rotatable bonds is 9. The molecular weight excluding hydrogens is 681 g/mol. The van der Waals surface area contributed by atoms with Gasteiger partial charge in [-0.3, -0.25) is 9.89 Å². The number of amidine groups is 1. The summed E-state index contributed by atoms with van der Waals surface area (Å²) in [5.74, 6) is 0.691. The Hall–Kier alpha value is -5.29. The van der Waals surface area contributed by atoms with E-state index in [2.05, 4.69) is 21.3 Å². The van der Waals surface area contributed by atoms with Gasteiger partial charge >= 0.3 is 12.0 Å². The van der Waals surface area contributed by atoms with Gasteiger partial charge in [-0.1, -0.05) is 29.8 Å². The molecule has 1 N–H and O–H groups in total. The van der Waals surface area contributed by atoms with Crippen LogP contribution in [0, 0.1) is 17.1 Å². The Morgan fingerprint density at radius 1 is 1.08 bits per heavy atom. The minimum atomic E-state index is -0.851. The molecule has 2 fully saturated rings. The summed E-state index contributed by atoms with van der Waals surface area (Å²) in [6.07, 6.45) is 1.67. The fraction of sp³-hybridized carbons (Fsp3) is 0.250. The number of hydrogen-bond donors (Lipinski definition) is 1. The van der Waals surface area contributed by atoms with E-state index >= 15 is 0 Å². The van der Waals surface area contributed by atoms with Crippen molar-refractivity contribution in [1.29, 1.82) is 5.26 Å². The number of urea groups is 1. The van der Waals surface area contributed by atoms with E-state index in [0.717, 1.165) is 5.56 Å². The lowest BCUT2D eigenvalue weighted by atomic mass is 9.95. The smallest absolute Gasteiger partial charge is 0.338 e. The van der Waals surface area contributed by atoms with E-state index in [1.54, 1.807) is 30.5 Å². The number of thiazole rings is 1. The average Bonchev–Trinajstić information content (AvgIpc) is 3.77. The average molecular weight is 712 g/mol. The molecule has 254 valence electrons. The number of fused-ring (bicyclic) bond motifs is 1. The number of amides is 2. The van der Waals surface area contributed by atoms with Crippen molar-refractivity contribution in [2.45, 2.75) is 18.6 Å². The summed E-state index contributed by atoms with van der Waals surface area (Å²) >= 11 is 7.90. The van der Waals surface area contributed by atoms with Crippen LogP contribution >= 0.6 is 22.9 Å². The third kappa shape index (κ3) is 6.91. The number of methoxy groups -OCH3 is 1. The molecule has 1 aromatic heterocycles. The standard InChI is InChI=1S/C36H31ClFN7O4S/c1-48-35(46)31-30(41-33(34-40-12-15-50-34)42-32(31)28-11-6-24(38)16-29(28)37)21-43-13-14-45-25(19-43)20-44(36(45)47)18-23-4-9-27(10-5-23)49-26-7-2-22(17-39)3-8-26/h2-12,15-16,25,32H,13-14,18-21H2,1H3,(H,41,42)/t25-,32?/m0/s1. The molecule has 0 saturated carbocycles. The topological polar surface area (TPSA) is 123 Å². The largest absolute Gasteiger partial charge is 0.466 e. The number of nitrogens with zero attached hydrogens (tertiary/aromatic N) is 6. The van der Waals surface area contributed by atoms with Crippen LogP contribution in [0.25, 0.3) is 0 Å². The summed E-state index contributed by atoms with van der Waals surface area (Å²) in [6.45, 7) is 3.06. The number of nitriles is 1. The molecule has 2 saturated heterocycles. The van der Waals surface area contributed by atoms with Crippen molar-refractivity contribution in [3.05, 3.63) is 122 Å². The molecule has 14 heteroatoms. The number of halogens is 2. The van der Waals surface area contributed by atoms with E-state index in [0.29, 0.717) is 78.4 Å². The quantitative estimate of drug-likeness (QED) is 0.218. The summed E-state index contributed by atoms with van der Waals surface area (Å²) in [5.41, 5.74) is 2.87. The first-order valence-electron chi connectivity index (χ1n) is 15.9. The first-order chi connectivity index (χ1) is 24.3. The fourth-order valence-electron chi connectivity index (χ4n) is 6.43. The molecule has 3 aliphatic heterocycles. The van der Waals surface area contributed by atoms with Gasteiger partial charge in [0.05, 0.1) is 30.4 Å². The van der Waals surface area contributed by atoms with Crippen LogP contribution in [0.5, 0.6) is 11.5 Å². The maximum absolute atomic E-state index is 14.0. The van der Waals surface area contributed by atoms with Crippen LogP contribution in [0.1, 0.15) is 27.7 Å². The van der Waals surface area contributed by atoms with Crippen LogP contribution in [0.2, 0.25) is 5.02 Å². The third-order valence-electron chi connectivity index (χ3n) is 8.84. The monoisotopic (exact) mass is 711 g/mol. The number of piperazine rings is 1. The number of carbonyl (C=O) groups excluding carboxylic acids is 2. The Morgan fingerprint density at radius 2 is 1.84 bits per heavy atom. The van der Waals surface area contributed by atoms with Crippen molar-refractivity contribution >= 4 is 40.8 Å². The minimum Gasteiger partial charge on any atom is -0.466 e. The number of benzene rings is 3. The molecule has 2 atom stereocenters. The molecule has 7 rings (SSSR count). The number of esters is 1. The molecular formula is C36H31ClFN7O4S. The molecule has 2 amide bonds. The molecule has 3 aromatic carbocycles. The summed E-state index contributed by atoms with van der Waals surface area (Å²) in [5, 5.41) is 14.9. The van der Waals surface area contributed by atoms with Crippen LogP contribution in [-0.2, 0) is 16.1 Å². The van der Waals surface area contributed by atoms with Crippen molar-refractivity contribution in [2.75, 3.05) is 39.8 Å². The number of hydrogen-bond acceptors (Lipinski definition) is 10. The zero-order valence-corrected chi connectivity index (χ0v) is 28.5. The Balaban J connectivity index is 1.06. The molecule has 11 nitrogen and oxygen atoms in total. The van der Waals surface area contributed by atoms with Crippen molar-refractivity contribution in [2.24, 2.45) is 4.99 Å². The maximum atomic E-state index is 14.0. The highest BCUT2D eigenvalue weighted by atomic mass is 35.5. The lowest BCUT2D eigenvalue weighted by Crippen LogP contribution is -2.53. The van der Waals surface area contributed by atoms with Gasteiger partial charge in [0, 0.05) is 67.1 Å². The molecule has 4 heterocycles. The van der Waals surface area contributed by atoms with Gasteiger partial charge < -0.3 is 24.6 Å². The summed E-state index contributed by atoms with van der Waals surface area (Å²) < 4.78 is 25.1. The summed E-state index contributed by atoms with van der Waals surface area (Å²) in [6, 6.07) is 19.7. The van der Waals surface area contributed by atoms with E-state index in [-0.39, 0.29) is 22.7 Å². The second-order valence-corrected chi connectivity index (χ2v) is 13.3. The maximum Gasteiger partial charge on any atom is 0.338 e. The first kappa shape index (κ1) is 33.2. The van der Waals surface area contributed by atoms with E-state index in [9.17, 15) is 14.0 Å². The van der Waals surface area contributed by atoms with Gasteiger partial charge in [0.1, 0.15) is 23.4 Å². The molecule has 0 aliphatic carbocycles. The molecule has 0 spiro atoms. The van der Waals surface area contributed by atoms with E-state index in [1.807, 2.05) is 39.4 Å². The number of nitrogens with one attached hydrogen (secondary N) is 1. The normalized spacial score (nSPS) is 19.1. The van der Waals surface area contributed by atoms with Crippen LogP contribution in [0.15, 0.2) is 94.6 Å². The number of ether oxygens (including phenoxy) is 2. The highest BCUT2D eigenvalue weighted by molar-refractivity contribution is 7.11. The highest BCUT2D eigenvalue weighted by Crippen LogP contribution is 2.37. The Kier molecular flexibility index (Phi) is 9.49. The molecule has 0 bridgehead atoms. The van der Waals surface area contributed by atoms with Crippen molar-refractivity contribution in [3.63, 3.8) is 0 Å². The lowest BCUT2D eigenvalue weighted by molar-refractivity contribution is -0.136. The Bertz CT molecular complexity index is 2020. The first-order valence-corrected chi connectivity index (χ1v) is 17.1. The molecule has 4 aromatic rings. The van der Waals surface area contributed by atoms with Crippen molar-refractivity contribution < 1.29 is 23.5 Å². The van der Waals surface area contributed by atoms with Gasteiger partial charge in [-0.15, -0.1) is 11.3 Å². The van der Waals surface area contributed by atoms with E-state index in [1.165, 1.54) is 36.6 Å². The van der Waals surface area contributed by atoms with E-state index < -0.39 is 17.8 Å². The Labute approximate surface area is 296 Å². The van der Waals surface area contributed by atoms with Gasteiger partial charge in [0.15, 0.2) is 10.8 Å². The van der Waals surface area contributed by atoms with Crippen LogP contribution in [0.3, 0.4) is 0 Å². The summed E-state index contributed by atoms with van der Waals surface area (Å²) in [7, 11) is 1.31. The third-order valence-corrected chi connectivity index (χ3v) is 9.94. The van der Waals surface area contributed by atoms with Gasteiger partial charge in [-0.2, -0.15) is 5.26 Å².